The molecule has 0 saturated carbocycles. The Morgan fingerprint density at radius 3 is 2.33 bits per heavy atom. The van der Waals surface area contributed by atoms with Crippen molar-refractivity contribution in [3.63, 3.8) is 0 Å². The van der Waals surface area contributed by atoms with Gasteiger partial charge in [-0.2, -0.15) is 0 Å². The fourth-order valence-corrected chi connectivity index (χ4v) is 2.90. The first-order valence-corrected chi connectivity index (χ1v) is 8.96. The van der Waals surface area contributed by atoms with Crippen molar-refractivity contribution in [1.29, 1.82) is 0 Å². The molecular formula is C21H21N3O6. The molecule has 0 bridgehead atoms. The van der Waals surface area contributed by atoms with Crippen molar-refractivity contribution < 1.29 is 19.0 Å². The second kappa shape index (κ2) is 8.99. The van der Waals surface area contributed by atoms with Crippen LogP contribution in [0.25, 0.3) is 5.69 Å². The van der Waals surface area contributed by atoms with Crippen LogP contribution in [0, 0.1) is 0 Å². The number of anilines is 1. The van der Waals surface area contributed by atoms with Crippen LogP contribution in [0.3, 0.4) is 0 Å². The van der Waals surface area contributed by atoms with Gasteiger partial charge in [-0.05, 0) is 24.3 Å². The minimum absolute atomic E-state index is 0.337. The highest BCUT2D eigenvalue weighted by Crippen LogP contribution is 2.29. The molecule has 1 N–H and O–H groups in total. The van der Waals surface area contributed by atoms with Gasteiger partial charge in [0.2, 0.25) is 5.91 Å². The molecule has 0 aliphatic carbocycles. The average molecular weight is 411 g/mol. The van der Waals surface area contributed by atoms with E-state index in [1.165, 1.54) is 38.3 Å². The molecule has 9 nitrogen and oxygen atoms in total. The topological polar surface area (TPSA) is 101 Å². The number of hydrogen-bond acceptors (Lipinski definition) is 6. The van der Waals surface area contributed by atoms with Crippen molar-refractivity contribution in [2.45, 2.75) is 6.54 Å². The zero-order valence-corrected chi connectivity index (χ0v) is 16.7. The molecule has 0 aliphatic heterocycles. The second-order valence-electron chi connectivity index (χ2n) is 6.19. The number of amides is 1. The summed E-state index contributed by atoms with van der Waals surface area (Å²) >= 11 is 0. The predicted molar refractivity (Wildman–Crippen MR) is 111 cm³/mol. The summed E-state index contributed by atoms with van der Waals surface area (Å²) < 4.78 is 17.8. The highest BCUT2D eigenvalue weighted by atomic mass is 16.5. The Labute approximate surface area is 172 Å². The Morgan fingerprint density at radius 2 is 1.63 bits per heavy atom. The lowest BCUT2D eigenvalue weighted by Gasteiger charge is -2.13. The molecule has 1 amide bonds. The lowest BCUT2D eigenvalue weighted by molar-refractivity contribution is -0.116. The van der Waals surface area contributed by atoms with Crippen molar-refractivity contribution in [2.24, 2.45) is 0 Å². The molecule has 156 valence electrons. The number of nitrogens with one attached hydrogen (secondary N) is 1. The molecule has 1 aromatic heterocycles. The van der Waals surface area contributed by atoms with Crippen LogP contribution in [0.4, 0.5) is 5.69 Å². The van der Waals surface area contributed by atoms with Gasteiger partial charge in [0, 0.05) is 18.5 Å². The fraction of sp³-hybridized carbons (Fsp3) is 0.190. The third-order valence-corrected chi connectivity index (χ3v) is 4.40. The van der Waals surface area contributed by atoms with E-state index in [2.05, 4.69) is 5.32 Å². The normalized spacial score (nSPS) is 10.4. The largest absolute Gasteiger partial charge is 0.497 e. The van der Waals surface area contributed by atoms with E-state index in [-0.39, 0.29) is 6.54 Å². The van der Waals surface area contributed by atoms with Crippen molar-refractivity contribution >= 4 is 11.6 Å². The lowest BCUT2D eigenvalue weighted by Crippen LogP contribution is -2.41. The Hall–Kier alpha value is -4.01. The molecule has 0 spiro atoms. The van der Waals surface area contributed by atoms with E-state index in [1.54, 1.807) is 42.5 Å². The molecule has 0 radical (unpaired) electrons. The zero-order valence-electron chi connectivity index (χ0n) is 16.7. The Balaban J connectivity index is 1.84. The number of carbonyl (C=O) groups is 1. The van der Waals surface area contributed by atoms with Gasteiger partial charge in [-0.1, -0.05) is 12.1 Å². The van der Waals surface area contributed by atoms with E-state index < -0.39 is 17.0 Å². The number of hydrogen-bond donors (Lipinski definition) is 1. The molecule has 1 heterocycles. The molecule has 30 heavy (non-hydrogen) atoms. The molecular weight excluding hydrogens is 390 g/mol. The van der Waals surface area contributed by atoms with Crippen LogP contribution in [-0.4, -0.2) is 36.4 Å². The molecule has 0 saturated heterocycles. The maximum absolute atomic E-state index is 12.6. The van der Waals surface area contributed by atoms with Crippen molar-refractivity contribution in [3.8, 4) is 22.9 Å². The number of aromatic nitrogens is 2. The van der Waals surface area contributed by atoms with Crippen LogP contribution in [0.15, 0.2) is 64.4 Å². The Morgan fingerprint density at radius 1 is 0.900 bits per heavy atom. The number of ether oxygens (including phenoxy) is 3. The maximum Gasteiger partial charge on any atom is 0.321 e. The smallest absolute Gasteiger partial charge is 0.321 e. The third kappa shape index (κ3) is 4.19. The van der Waals surface area contributed by atoms with Gasteiger partial charge in [-0.15, -0.1) is 0 Å². The first-order valence-electron chi connectivity index (χ1n) is 8.96. The fourth-order valence-electron chi connectivity index (χ4n) is 2.90. The van der Waals surface area contributed by atoms with Crippen LogP contribution in [0.1, 0.15) is 0 Å². The van der Waals surface area contributed by atoms with Crippen LogP contribution >= 0.6 is 0 Å². The summed E-state index contributed by atoms with van der Waals surface area (Å²) in [7, 11) is 4.46. The van der Waals surface area contributed by atoms with E-state index in [0.29, 0.717) is 28.6 Å². The quantitative estimate of drug-likeness (QED) is 0.594. The minimum Gasteiger partial charge on any atom is -0.497 e. The van der Waals surface area contributed by atoms with Crippen LogP contribution < -0.4 is 30.6 Å². The van der Waals surface area contributed by atoms with Gasteiger partial charge in [-0.3, -0.25) is 23.5 Å². The molecule has 3 rings (SSSR count). The van der Waals surface area contributed by atoms with Gasteiger partial charge in [-0.25, -0.2) is 0 Å². The predicted octanol–water partition coefficient (Wildman–Crippen LogP) is 1.66. The molecule has 2 aromatic carbocycles. The zero-order chi connectivity index (χ0) is 21.7. The molecule has 0 aliphatic rings. The number of methoxy groups -OCH3 is 3. The average Bonchev–Trinajstić information content (AvgIpc) is 2.77. The molecule has 0 atom stereocenters. The Bertz CT molecular complexity index is 1180. The van der Waals surface area contributed by atoms with Crippen LogP contribution in [-0.2, 0) is 11.3 Å². The van der Waals surface area contributed by atoms with Gasteiger partial charge >= 0.3 is 11.1 Å². The van der Waals surface area contributed by atoms with Gasteiger partial charge in [0.1, 0.15) is 23.8 Å². The lowest BCUT2D eigenvalue weighted by atomic mass is 10.2. The van der Waals surface area contributed by atoms with E-state index in [1.807, 2.05) is 0 Å². The summed E-state index contributed by atoms with van der Waals surface area (Å²) in [5.74, 6) is 0.929. The summed E-state index contributed by atoms with van der Waals surface area (Å²) in [5.41, 5.74) is -0.780. The number of rotatable bonds is 7. The molecule has 0 fully saturated rings. The monoisotopic (exact) mass is 411 g/mol. The highest BCUT2D eigenvalue weighted by molar-refractivity contribution is 5.92. The Kier molecular flexibility index (Phi) is 6.21. The minimum atomic E-state index is -0.833. The van der Waals surface area contributed by atoms with Crippen molar-refractivity contribution in [3.05, 3.63) is 75.6 Å². The SMILES string of the molecule is COc1ccc(NC(=O)Cn2ccn(-c3ccccc3OC)c(=O)c2=O)c(OC)c1. The number of nitrogens with zero attached hydrogens (tertiary/aromatic N) is 2. The van der Waals surface area contributed by atoms with E-state index in [9.17, 15) is 14.4 Å². The molecule has 9 heteroatoms. The molecule has 3 aromatic rings. The number of benzene rings is 2. The van der Waals surface area contributed by atoms with E-state index in [0.717, 1.165) is 4.57 Å². The first kappa shape index (κ1) is 20.7. The summed E-state index contributed by atoms with van der Waals surface area (Å²) in [6, 6.07) is 11.7. The number of carbonyl (C=O) groups excluding carboxylic acids is 1. The van der Waals surface area contributed by atoms with Crippen LogP contribution in [0.5, 0.6) is 17.2 Å². The highest BCUT2D eigenvalue weighted by Gasteiger charge is 2.14. The summed E-state index contributed by atoms with van der Waals surface area (Å²) in [6.07, 6.45) is 2.80. The summed E-state index contributed by atoms with van der Waals surface area (Å²) in [5, 5.41) is 2.66. The van der Waals surface area contributed by atoms with Crippen molar-refractivity contribution in [1.82, 2.24) is 9.13 Å². The molecule has 0 unspecified atom stereocenters. The first-order chi connectivity index (χ1) is 14.5. The maximum atomic E-state index is 12.6. The standard InChI is InChI=1S/C21H21N3O6/c1-28-14-8-9-15(18(12-14)30-3)22-19(25)13-23-10-11-24(21(27)20(23)26)16-6-4-5-7-17(16)29-2/h4-12H,13H2,1-3H3,(H,22,25). The van der Waals surface area contributed by atoms with Crippen LogP contribution in [0.2, 0.25) is 0 Å². The van der Waals surface area contributed by atoms with Gasteiger partial charge in [0.25, 0.3) is 0 Å². The van der Waals surface area contributed by atoms with Gasteiger partial charge < -0.3 is 19.5 Å². The summed E-state index contributed by atoms with van der Waals surface area (Å²) in [6.45, 7) is -0.337. The van der Waals surface area contributed by atoms with E-state index in [4.69, 9.17) is 14.2 Å². The third-order valence-electron chi connectivity index (χ3n) is 4.40. The summed E-state index contributed by atoms with van der Waals surface area (Å²) in [4.78, 5) is 37.5. The van der Waals surface area contributed by atoms with Gasteiger partial charge in [0.15, 0.2) is 0 Å². The van der Waals surface area contributed by atoms with Crippen molar-refractivity contribution in [2.75, 3.05) is 26.6 Å². The van der Waals surface area contributed by atoms with E-state index >= 15 is 0 Å². The second-order valence-corrected chi connectivity index (χ2v) is 6.19. The van der Waals surface area contributed by atoms with Gasteiger partial charge in [0.05, 0.1) is 32.7 Å². The number of para-hydroxylation sites is 2.